The number of sulfonamides is 1. The molecular weight excluding hydrogens is 416 g/mol. The van der Waals surface area contributed by atoms with Gasteiger partial charge in [-0.05, 0) is 56.2 Å². The fourth-order valence-corrected chi connectivity index (χ4v) is 5.01. The molecule has 1 aliphatic rings. The summed E-state index contributed by atoms with van der Waals surface area (Å²) < 4.78 is 32.2. The van der Waals surface area contributed by atoms with Crippen LogP contribution in [-0.4, -0.2) is 43.8 Å². The van der Waals surface area contributed by atoms with Gasteiger partial charge in [-0.2, -0.15) is 4.31 Å². The van der Waals surface area contributed by atoms with Crippen LogP contribution in [0.25, 0.3) is 0 Å². The Balaban J connectivity index is 1.83. The molecule has 1 N–H and O–H groups in total. The minimum Gasteiger partial charge on any atom is -0.462 e. The largest absolute Gasteiger partial charge is 0.462 e. The van der Waals surface area contributed by atoms with Gasteiger partial charge in [0.05, 0.1) is 22.8 Å². The van der Waals surface area contributed by atoms with Crippen molar-refractivity contribution in [3.63, 3.8) is 0 Å². The van der Waals surface area contributed by atoms with E-state index >= 15 is 0 Å². The predicted octanol–water partition coefficient (Wildman–Crippen LogP) is 3.31. The van der Waals surface area contributed by atoms with Gasteiger partial charge >= 0.3 is 5.97 Å². The van der Waals surface area contributed by atoms with Crippen LogP contribution in [0.5, 0.6) is 0 Å². The van der Waals surface area contributed by atoms with Crippen molar-refractivity contribution >= 4 is 39.2 Å². The van der Waals surface area contributed by atoms with E-state index in [0.29, 0.717) is 17.9 Å². The van der Waals surface area contributed by atoms with E-state index in [9.17, 15) is 18.0 Å². The van der Waals surface area contributed by atoms with Crippen molar-refractivity contribution in [3.05, 3.63) is 59.1 Å². The number of para-hydroxylation sites is 1. The number of nitrogens with one attached hydrogen (secondary N) is 1. The van der Waals surface area contributed by atoms with E-state index in [1.54, 1.807) is 31.2 Å². The maximum absolute atomic E-state index is 13.0. The number of amides is 1. The Morgan fingerprint density at radius 3 is 2.55 bits per heavy atom. The molecule has 7 nitrogen and oxygen atoms in total. The van der Waals surface area contributed by atoms with Gasteiger partial charge in [0.1, 0.15) is 6.04 Å². The van der Waals surface area contributed by atoms with Crippen molar-refractivity contribution < 1.29 is 22.7 Å². The molecule has 1 atom stereocenters. The van der Waals surface area contributed by atoms with Crippen LogP contribution in [-0.2, 0) is 19.6 Å². The Morgan fingerprint density at radius 2 is 1.86 bits per heavy atom. The monoisotopic (exact) mass is 436 g/mol. The third kappa shape index (κ3) is 4.60. The molecule has 0 bridgehead atoms. The lowest BCUT2D eigenvalue weighted by atomic mass is 10.1. The summed E-state index contributed by atoms with van der Waals surface area (Å²) in [6.45, 7) is 2.14. The molecule has 0 aliphatic carbocycles. The average Bonchev–Trinajstić information content (AvgIpc) is 3.20. The zero-order valence-corrected chi connectivity index (χ0v) is 17.4. The van der Waals surface area contributed by atoms with Crippen LogP contribution in [0.3, 0.4) is 0 Å². The van der Waals surface area contributed by atoms with Gasteiger partial charge in [0, 0.05) is 11.6 Å². The Morgan fingerprint density at radius 1 is 1.17 bits per heavy atom. The van der Waals surface area contributed by atoms with Gasteiger partial charge in [0.2, 0.25) is 15.9 Å². The van der Waals surface area contributed by atoms with Crippen molar-refractivity contribution in [3.8, 4) is 0 Å². The van der Waals surface area contributed by atoms with E-state index in [1.165, 1.54) is 28.6 Å². The van der Waals surface area contributed by atoms with Crippen molar-refractivity contribution in [2.45, 2.75) is 30.7 Å². The number of ether oxygens (including phenoxy) is 1. The zero-order chi connectivity index (χ0) is 21.0. The molecule has 0 spiro atoms. The number of rotatable bonds is 6. The van der Waals surface area contributed by atoms with Gasteiger partial charge in [0.15, 0.2) is 0 Å². The van der Waals surface area contributed by atoms with Crippen molar-refractivity contribution in [1.29, 1.82) is 0 Å². The lowest BCUT2D eigenvalue weighted by molar-refractivity contribution is -0.119. The van der Waals surface area contributed by atoms with Crippen LogP contribution in [0.1, 0.15) is 30.1 Å². The molecule has 1 amide bonds. The average molecular weight is 437 g/mol. The molecule has 0 aromatic heterocycles. The highest BCUT2D eigenvalue weighted by molar-refractivity contribution is 7.89. The molecule has 0 radical (unpaired) electrons. The topological polar surface area (TPSA) is 92.8 Å². The van der Waals surface area contributed by atoms with E-state index in [4.69, 9.17) is 16.3 Å². The minimum atomic E-state index is -3.85. The van der Waals surface area contributed by atoms with Crippen molar-refractivity contribution in [1.82, 2.24) is 4.31 Å². The normalized spacial score (nSPS) is 17.1. The second kappa shape index (κ2) is 8.94. The van der Waals surface area contributed by atoms with Crippen LogP contribution in [0.4, 0.5) is 5.69 Å². The molecule has 3 rings (SSSR count). The predicted molar refractivity (Wildman–Crippen MR) is 109 cm³/mol. The fraction of sp³-hybridized carbons (Fsp3) is 0.300. The molecule has 1 aliphatic heterocycles. The quantitative estimate of drug-likeness (QED) is 0.701. The molecule has 2 aromatic rings. The highest BCUT2D eigenvalue weighted by Gasteiger charge is 2.39. The molecule has 1 fully saturated rings. The van der Waals surface area contributed by atoms with Crippen LogP contribution in [0.15, 0.2) is 53.4 Å². The third-order valence-electron chi connectivity index (χ3n) is 4.61. The van der Waals surface area contributed by atoms with Gasteiger partial charge in [-0.1, -0.05) is 23.7 Å². The Bertz CT molecular complexity index is 1010. The number of carbonyl (C=O) groups is 2. The van der Waals surface area contributed by atoms with E-state index < -0.39 is 27.9 Å². The summed E-state index contributed by atoms with van der Waals surface area (Å²) in [6, 6.07) is 11.4. The molecular formula is C20H21ClN2O5S. The fourth-order valence-electron chi connectivity index (χ4n) is 3.23. The third-order valence-corrected chi connectivity index (χ3v) is 6.78. The lowest BCUT2D eigenvalue weighted by Gasteiger charge is -2.23. The summed E-state index contributed by atoms with van der Waals surface area (Å²) in [5, 5.41) is 3.11. The first-order chi connectivity index (χ1) is 13.8. The van der Waals surface area contributed by atoms with Crippen LogP contribution < -0.4 is 5.32 Å². The molecule has 1 unspecified atom stereocenters. The molecule has 1 saturated heterocycles. The van der Waals surface area contributed by atoms with Gasteiger partial charge in [-0.15, -0.1) is 0 Å². The number of esters is 1. The molecule has 29 heavy (non-hydrogen) atoms. The summed E-state index contributed by atoms with van der Waals surface area (Å²) in [5.41, 5.74) is 0.500. The maximum Gasteiger partial charge on any atom is 0.340 e. The minimum absolute atomic E-state index is 0.0773. The van der Waals surface area contributed by atoms with Crippen molar-refractivity contribution in [2.24, 2.45) is 0 Å². The number of hydrogen-bond acceptors (Lipinski definition) is 5. The SMILES string of the molecule is CCOC(=O)c1ccccc1NC(=O)C1CCCN1S(=O)(=O)c1ccc(Cl)cc1. The van der Waals surface area contributed by atoms with Crippen LogP contribution >= 0.6 is 11.6 Å². The van der Waals surface area contributed by atoms with Crippen molar-refractivity contribution in [2.75, 3.05) is 18.5 Å². The smallest absolute Gasteiger partial charge is 0.340 e. The number of nitrogens with zero attached hydrogens (tertiary/aromatic N) is 1. The van der Waals surface area contributed by atoms with Gasteiger partial charge in [-0.3, -0.25) is 4.79 Å². The number of carbonyl (C=O) groups excluding carboxylic acids is 2. The van der Waals surface area contributed by atoms with Crippen LogP contribution in [0.2, 0.25) is 5.02 Å². The number of halogens is 1. The number of anilines is 1. The van der Waals surface area contributed by atoms with Gasteiger partial charge in [0.25, 0.3) is 0 Å². The molecule has 1 heterocycles. The summed E-state index contributed by atoms with van der Waals surface area (Å²) >= 11 is 5.84. The highest BCUT2D eigenvalue weighted by atomic mass is 35.5. The van der Waals surface area contributed by atoms with Gasteiger partial charge in [-0.25, -0.2) is 13.2 Å². The maximum atomic E-state index is 13.0. The summed E-state index contributed by atoms with van der Waals surface area (Å²) in [7, 11) is -3.85. The number of hydrogen-bond donors (Lipinski definition) is 1. The summed E-state index contributed by atoms with van der Waals surface area (Å²) in [5.74, 6) is -1.04. The van der Waals surface area contributed by atoms with E-state index in [-0.39, 0.29) is 29.3 Å². The second-order valence-electron chi connectivity index (χ2n) is 6.48. The van der Waals surface area contributed by atoms with E-state index in [2.05, 4.69) is 5.32 Å². The van der Waals surface area contributed by atoms with Gasteiger partial charge < -0.3 is 10.1 Å². The Labute approximate surface area is 174 Å². The summed E-state index contributed by atoms with van der Waals surface area (Å²) in [4.78, 5) is 25.1. The molecule has 9 heteroatoms. The second-order valence-corrected chi connectivity index (χ2v) is 8.81. The molecule has 154 valence electrons. The van der Waals surface area contributed by atoms with E-state index in [1.807, 2.05) is 0 Å². The highest BCUT2D eigenvalue weighted by Crippen LogP contribution is 2.28. The summed E-state index contributed by atoms with van der Waals surface area (Å²) in [6.07, 6.45) is 0.949. The lowest BCUT2D eigenvalue weighted by Crippen LogP contribution is -2.43. The Kier molecular flexibility index (Phi) is 6.56. The van der Waals surface area contributed by atoms with E-state index in [0.717, 1.165) is 0 Å². The number of benzene rings is 2. The zero-order valence-electron chi connectivity index (χ0n) is 15.8. The van der Waals surface area contributed by atoms with Crippen LogP contribution in [0, 0.1) is 0 Å². The molecule has 0 saturated carbocycles. The standard InChI is InChI=1S/C20H21ClN2O5S/c1-2-28-20(25)16-6-3-4-7-17(16)22-19(24)18-8-5-13-23(18)29(26,27)15-11-9-14(21)10-12-15/h3-4,6-7,9-12,18H,2,5,8,13H2,1H3,(H,22,24). The first-order valence-corrected chi connectivity index (χ1v) is 11.0. The first-order valence-electron chi connectivity index (χ1n) is 9.19. The molecule has 2 aromatic carbocycles. The first kappa shape index (κ1) is 21.3. The Hall–Kier alpha value is -2.42.